The van der Waals surface area contributed by atoms with Gasteiger partial charge in [-0.2, -0.15) is 0 Å². The van der Waals surface area contributed by atoms with E-state index in [1.807, 2.05) is 6.92 Å². The molecule has 1 unspecified atom stereocenters. The Balaban J connectivity index is 2.52. The number of benzene rings is 1. The monoisotopic (exact) mass is 270 g/mol. The van der Waals surface area contributed by atoms with Gasteiger partial charge in [0.15, 0.2) is 0 Å². The topological polar surface area (TPSA) is 78.4 Å². The van der Waals surface area contributed by atoms with Crippen LogP contribution in [0.15, 0.2) is 24.3 Å². The molecule has 18 heavy (non-hydrogen) atoms. The van der Waals surface area contributed by atoms with Gasteiger partial charge in [-0.3, -0.25) is 4.79 Å². The minimum Gasteiger partial charge on any atom is -0.481 e. The molecule has 0 radical (unpaired) electrons. The number of hydrogen-bond acceptors (Lipinski definition) is 2. The standard InChI is InChI=1S/C12H15ClN2O3/c1-2-9(7-11(16)17)14-12(18)15-10-5-3-4-8(13)6-10/h3-6,9H,2,7H2,1H3,(H,16,17)(H2,14,15,18). The van der Waals surface area contributed by atoms with Crippen molar-refractivity contribution < 1.29 is 14.7 Å². The lowest BCUT2D eigenvalue weighted by atomic mass is 10.1. The van der Waals surface area contributed by atoms with Gasteiger partial charge in [0.1, 0.15) is 0 Å². The van der Waals surface area contributed by atoms with Crippen LogP contribution in [0.5, 0.6) is 0 Å². The predicted molar refractivity (Wildman–Crippen MR) is 69.9 cm³/mol. The molecule has 5 nitrogen and oxygen atoms in total. The molecule has 3 N–H and O–H groups in total. The number of aliphatic carboxylic acids is 1. The first-order valence-corrected chi connectivity index (χ1v) is 5.94. The van der Waals surface area contributed by atoms with Crippen molar-refractivity contribution in [1.29, 1.82) is 0 Å². The van der Waals surface area contributed by atoms with Crippen LogP contribution in [0, 0.1) is 0 Å². The molecule has 0 aromatic heterocycles. The van der Waals surface area contributed by atoms with Gasteiger partial charge in [-0.1, -0.05) is 24.6 Å². The maximum Gasteiger partial charge on any atom is 0.319 e. The zero-order valence-corrected chi connectivity index (χ0v) is 10.7. The predicted octanol–water partition coefficient (Wildman–Crippen LogP) is 2.71. The van der Waals surface area contributed by atoms with Crippen molar-refractivity contribution in [2.24, 2.45) is 0 Å². The number of nitrogens with one attached hydrogen (secondary N) is 2. The molecule has 98 valence electrons. The molecule has 1 atom stereocenters. The summed E-state index contributed by atoms with van der Waals surface area (Å²) in [6.45, 7) is 1.81. The molecule has 2 amide bonds. The van der Waals surface area contributed by atoms with E-state index in [0.29, 0.717) is 17.1 Å². The number of amides is 2. The second-order valence-corrected chi connectivity index (χ2v) is 4.25. The summed E-state index contributed by atoms with van der Waals surface area (Å²) >= 11 is 5.78. The lowest BCUT2D eigenvalue weighted by Gasteiger charge is -2.15. The van der Waals surface area contributed by atoms with Crippen molar-refractivity contribution in [3.05, 3.63) is 29.3 Å². The van der Waals surface area contributed by atoms with Crippen molar-refractivity contribution in [2.45, 2.75) is 25.8 Å². The van der Waals surface area contributed by atoms with E-state index in [9.17, 15) is 9.59 Å². The van der Waals surface area contributed by atoms with Crippen molar-refractivity contribution in [3.8, 4) is 0 Å². The summed E-state index contributed by atoms with van der Waals surface area (Å²) in [6.07, 6.45) is 0.453. The highest BCUT2D eigenvalue weighted by Gasteiger charge is 2.13. The number of carboxylic acid groups (broad SMARTS) is 1. The van der Waals surface area contributed by atoms with E-state index in [4.69, 9.17) is 16.7 Å². The first kappa shape index (κ1) is 14.3. The van der Waals surface area contributed by atoms with Crippen LogP contribution in [0.2, 0.25) is 5.02 Å². The van der Waals surface area contributed by atoms with Crippen molar-refractivity contribution in [3.63, 3.8) is 0 Å². The highest BCUT2D eigenvalue weighted by Crippen LogP contribution is 2.14. The molecule has 6 heteroatoms. The molecule has 0 bridgehead atoms. The van der Waals surface area contributed by atoms with Crippen LogP contribution in [0.25, 0.3) is 0 Å². The van der Waals surface area contributed by atoms with E-state index in [1.54, 1.807) is 24.3 Å². The van der Waals surface area contributed by atoms with Gasteiger partial charge in [0, 0.05) is 16.8 Å². The van der Waals surface area contributed by atoms with Crippen molar-refractivity contribution >= 4 is 29.3 Å². The van der Waals surface area contributed by atoms with Gasteiger partial charge in [0.05, 0.1) is 6.42 Å². The zero-order valence-electron chi connectivity index (χ0n) is 9.94. The second kappa shape index (κ2) is 6.86. The summed E-state index contributed by atoms with van der Waals surface area (Å²) in [5.41, 5.74) is 0.560. The van der Waals surface area contributed by atoms with E-state index in [-0.39, 0.29) is 12.5 Å². The van der Waals surface area contributed by atoms with Gasteiger partial charge in [0.2, 0.25) is 0 Å². The lowest BCUT2D eigenvalue weighted by Crippen LogP contribution is -2.38. The Hall–Kier alpha value is -1.75. The SMILES string of the molecule is CCC(CC(=O)O)NC(=O)Nc1cccc(Cl)c1. The molecule has 1 rings (SSSR count). The fourth-order valence-corrected chi connectivity index (χ4v) is 1.62. The average molecular weight is 271 g/mol. The highest BCUT2D eigenvalue weighted by atomic mass is 35.5. The van der Waals surface area contributed by atoms with Gasteiger partial charge in [-0.25, -0.2) is 4.79 Å². The summed E-state index contributed by atoms with van der Waals surface area (Å²) in [6, 6.07) is 5.89. The Morgan fingerprint density at radius 3 is 2.72 bits per heavy atom. The maximum absolute atomic E-state index is 11.6. The van der Waals surface area contributed by atoms with Gasteiger partial charge < -0.3 is 15.7 Å². The molecule has 0 spiro atoms. The smallest absolute Gasteiger partial charge is 0.319 e. The third kappa shape index (κ3) is 5.05. The highest BCUT2D eigenvalue weighted by molar-refractivity contribution is 6.30. The normalized spacial score (nSPS) is 11.7. The number of urea groups is 1. The zero-order chi connectivity index (χ0) is 13.5. The summed E-state index contributed by atoms with van der Waals surface area (Å²) in [5.74, 6) is -0.940. The third-order valence-corrected chi connectivity index (χ3v) is 2.57. The lowest BCUT2D eigenvalue weighted by molar-refractivity contribution is -0.137. The van der Waals surface area contributed by atoms with E-state index < -0.39 is 12.0 Å². The molecule has 0 fully saturated rings. The average Bonchev–Trinajstić information content (AvgIpc) is 2.27. The minimum atomic E-state index is -0.940. The minimum absolute atomic E-state index is 0.0978. The third-order valence-electron chi connectivity index (χ3n) is 2.33. The Morgan fingerprint density at radius 2 is 2.17 bits per heavy atom. The van der Waals surface area contributed by atoms with Crippen LogP contribution in [-0.4, -0.2) is 23.1 Å². The van der Waals surface area contributed by atoms with Gasteiger partial charge in [0.25, 0.3) is 0 Å². The van der Waals surface area contributed by atoms with Gasteiger partial charge in [-0.15, -0.1) is 0 Å². The fourth-order valence-electron chi connectivity index (χ4n) is 1.43. The first-order valence-electron chi connectivity index (χ1n) is 5.56. The molecule has 1 aromatic rings. The van der Waals surface area contributed by atoms with Gasteiger partial charge >= 0.3 is 12.0 Å². The summed E-state index contributed by atoms with van der Waals surface area (Å²) in [4.78, 5) is 22.2. The number of rotatable bonds is 5. The van der Waals surface area contributed by atoms with Crippen molar-refractivity contribution in [2.75, 3.05) is 5.32 Å². The fraction of sp³-hybridized carbons (Fsp3) is 0.333. The van der Waals surface area contributed by atoms with Crippen LogP contribution in [0.4, 0.5) is 10.5 Å². The molecule has 0 aliphatic rings. The number of hydrogen-bond donors (Lipinski definition) is 3. The van der Waals surface area contributed by atoms with Crippen LogP contribution in [0.1, 0.15) is 19.8 Å². The number of carboxylic acids is 1. The van der Waals surface area contributed by atoms with Crippen LogP contribution < -0.4 is 10.6 Å². The maximum atomic E-state index is 11.6. The van der Waals surface area contributed by atoms with Crippen molar-refractivity contribution in [1.82, 2.24) is 5.32 Å². The Morgan fingerprint density at radius 1 is 1.44 bits per heavy atom. The van der Waals surface area contributed by atoms with Crippen LogP contribution in [0.3, 0.4) is 0 Å². The number of carbonyl (C=O) groups excluding carboxylic acids is 1. The first-order chi connectivity index (χ1) is 8.51. The molecule has 0 saturated carbocycles. The number of halogens is 1. The van der Waals surface area contributed by atoms with E-state index in [2.05, 4.69) is 10.6 Å². The molecular weight excluding hydrogens is 256 g/mol. The molecule has 0 saturated heterocycles. The van der Waals surface area contributed by atoms with E-state index >= 15 is 0 Å². The Labute approximate surface area is 110 Å². The number of carbonyl (C=O) groups is 2. The molecule has 1 aromatic carbocycles. The van der Waals surface area contributed by atoms with E-state index in [0.717, 1.165) is 0 Å². The van der Waals surface area contributed by atoms with Gasteiger partial charge in [-0.05, 0) is 24.6 Å². The molecule has 0 heterocycles. The Bertz CT molecular complexity index is 437. The van der Waals surface area contributed by atoms with Crippen LogP contribution >= 0.6 is 11.6 Å². The molecular formula is C12H15ClN2O3. The van der Waals surface area contributed by atoms with Crippen LogP contribution in [-0.2, 0) is 4.79 Å². The molecule has 0 aliphatic heterocycles. The second-order valence-electron chi connectivity index (χ2n) is 3.81. The summed E-state index contributed by atoms with van der Waals surface area (Å²) in [7, 11) is 0. The summed E-state index contributed by atoms with van der Waals surface area (Å²) in [5, 5.41) is 14.4. The molecule has 0 aliphatic carbocycles. The van der Waals surface area contributed by atoms with E-state index in [1.165, 1.54) is 0 Å². The number of anilines is 1. The summed E-state index contributed by atoms with van der Waals surface area (Å²) < 4.78 is 0. The largest absolute Gasteiger partial charge is 0.481 e. The Kier molecular flexibility index (Phi) is 5.45. The quantitative estimate of drug-likeness (QED) is 0.770.